The maximum atomic E-state index is 12.9. The summed E-state index contributed by atoms with van der Waals surface area (Å²) < 4.78 is 37.5. The molecule has 0 heterocycles. The number of rotatable bonds is 9. The van der Waals surface area contributed by atoms with E-state index in [0.717, 1.165) is 24.3 Å². The molecule has 0 spiro atoms. The molecular weight excluding hydrogens is 373 g/mol. The normalized spacial score (nSPS) is 12.5. The Kier molecular flexibility index (Phi) is 7.66. The van der Waals surface area contributed by atoms with Crippen LogP contribution in [0.2, 0.25) is 0 Å². The van der Waals surface area contributed by atoms with Crippen LogP contribution in [0.1, 0.15) is 13.3 Å². The molecule has 4 nitrogen and oxygen atoms in total. The first-order valence-electron chi connectivity index (χ1n) is 8.32. The zero-order valence-electron chi connectivity index (χ0n) is 14.5. The molecule has 0 aliphatic carbocycles. The van der Waals surface area contributed by atoms with Gasteiger partial charge in [-0.05, 0) is 48.6 Å². The van der Waals surface area contributed by atoms with Gasteiger partial charge in [-0.25, -0.2) is 12.8 Å². The molecule has 2 aromatic rings. The summed E-state index contributed by atoms with van der Waals surface area (Å²) in [4.78, 5) is 13.3. The average molecular weight is 396 g/mol. The predicted octanol–water partition coefficient (Wildman–Crippen LogP) is 3.53. The van der Waals surface area contributed by atoms with Gasteiger partial charge in [-0.15, -0.1) is 11.8 Å². The summed E-state index contributed by atoms with van der Waals surface area (Å²) in [5, 5.41) is 2.78. The smallest absolute Gasteiger partial charge is 0.223 e. The van der Waals surface area contributed by atoms with Gasteiger partial charge in [0, 0.05) is 17.4 Å². The van der Waals surface area contributed by atoms with Gasteiger partial charge in [0.15, 0.2) is 9.84 Å². The van der Waals surface area contributed by atoms with Crippen molar-refractivity contribution in [1.29, 1.82) is 0 Å². The molecule has 1 N–H and O–H groups in total. The van der Waals surface area contributed by atoms with Crippen LogP contribution in [0.4, 0.5) is 4.39 Å². The van der Waals surface area contributed by atoms with Crippen LogP contribution in [-0.4, -0.2) is 32.4 Å². The largest absolute Gasteiger partial charge is 0.356 e. The number of hydrogen-bond acceptors (Lipinski definition) is 4. The van der Waals surface area contributed by atoms with E-state index in [9.17, 15) is 17.6 Å². The van der Waals surface area contributed by atoms with E-state index < -0.39 is 21.6 Å². The van der Waals surface area contributed by atoms with E-state index >= 15 is 0 Å². The SMILES string of the molecule is C[C@H](CS(=O)(=O)c1ccc(F)cc1)C(=O)NCCCSc1ccccc1. The summed E-state index contributed by atoms with van der Waals surface area (Å²) in [6, 6.07) is 14.6. The van der Waals surface area contributed by atoms with Crippen molar-refractivity contribution in [1.82, 2.24) is 5.32 Å². The highest BCUT2D eigenvalue weighted by atomic mass is 32.2. The van der Waals surface area contributed by atoms with Gasteiger partial charge in [0.05, 0.1) is 10.6 Å². The average Bonchev–Trinajstić information content (AvgIpc) is 2.62. The Morgan fingerprint density at radius 1 is 1.12 bits per heavy atom. The topological polar surface area (TPSA) is 63.2 Å². The number of hydrogen-bond donors (Lipinski definition) is 1. The zero-order valence-corrected chi connectivity index (χ0v) is 16.2. The molecule has 2 rings (SSSR count). The third-order valence-electron chi connectivity index (χ3n) is 3.72. The summed E-state index contributed by atoms with van der Waals surface area (Å²) in [7, 11) is -3.62. The first kappa shape index (κ1) is 20.5. The molecule has 0 unspecified atom stereocenters. The molecule has 0 aliphatic rings. The van der Waals surface area contributed by atoms with E-state index in [1.807, 2.05) is 30.3 Å². The van der Waals surface area contributed by atoms with Gasteiger partial charge in [-0.2, -0.15) is 0 Å². The van der Waals surface area contributed by atoms with Crippen molar-refractivity contribution in [2.45, 2.75) is 23.1 Å². The maximum Gasteiger partial charge on any atom is 0.223 e. The van der Waals surface area contributed by atoms with E-state index in [1.165, 1.54) is 17.0 Å². The highest BCUT2D eigenvalue weighted by Crippen LogP contribution is 2.17. The minimum atomic E-state index is -3.62. The second-order valence-electron chi connectivity index (χ2n) is 5.94. The standard InChI is InChI=1S/C19H22FNO3S2/c1-15(14-26(23,24)18-10-8-16(20)9-11-18)19(22)21-12-5-13-25-17-6-3-2-4-7-17/h2-4,6-11,15H,5,12-14H2,1H3,(H,21,22)/t15-/m1/s1. The number of carbonyl (C=O) groups excluding carboxylic acids is 1. The maximum absolute atomic E-state index is 12.9. The molecule has 0 bridgehead atoms. The number of benzene rings is 2. The molecule has 0 saturated heterocycles. The van der Waals surface area contributed by atoms with Gasteiger partial charge < -0.3 is 5.32 Å². The first-order chi connectivity index (χ1) is 12.4. The molecule has 0 radical (unpaired) electrons. The molecule has 7 heteroatoms. The Morgan fingerprint density at radius 3 is 2.42 bits per heavy atom. The quantitative estimate of drug-likeness (QED) is 0.401. The molecule has 0 aromatic heterocycles. The van der Waals surface area contributed by atoms with Crippen LogP contribution in [-0.2, 0) is 14.6 Å². The third-order valence-corrected chi connectivity index (χ3v) is 6.75. The minimum Gasteiger partial charge on any atom is -0.356 e. The lowest BCUT2D eigenvalue weighted by molar-refractivity contribution is -0.123. The molecule has 1 amide bonds. The number of thioether (sulfide) groups is 1. The summed E-state index contributed by atoms with van der Waals surface area (Å²) in [5.74, 6) is -0.897. The van der Waals surface area contributed by atoms with Gasteiger partial charge in [0.1, 0.15) is 5.82 Å². The molecule has 2 aromatic carbocycles. The van der Waals surface area contributed by atoms with Crippen LogP contribution in [0.25, 0.3) is 0 Å². The fourth-order valence-corrected chi connectivity index (χ4v) is 4.73. The van der Waals surface area contributed by atoms with E-state index in [2.05, 4.69) is 5.32 Å². The summed E-state index contributed by atoms with van der Waals surface area (Å²) >= 11 is 1.71. The number of sulfone groups is 1. The number of nitrogens with one attached hydrogen (secondary N) is 1. The van der Waals surface area contributed by atoms with Crippen LogP contribution in [0.15, 0.2) is 64.4 Å². The van der Waals surface area contributed by atoms with Gasteiger partial charge >= 0.3 is 0 Å². The van der Waals surface area contributed by atoms with E-state index in [4.69, 9.17) is 0 Å². The monoisotopic (exact) mass is 395 g/mol. The Morgan fingerprint density at radius 2 is 1.77 bits per heavy atom. The van der Waals surface area contributed by atoms with Crippen LogP contribution in [0.3, 0.4) is 0 Å². The lowest BCUT2D eigenvalue weighted by Gasteiger charge is -2.13. The van der Waals surface area contributed by atoms with E-state index in [0.29, 0.717) is 6.54 Å². The van der Waals surface area contributed by atoms with Gasteiger partial charge in [-0.1, -0.05) is 25.1 Å². The van der Waals surface area contributed by atoms with Crippen molar-refractivity contribution in [3.8, 4) is 0 Å². The molecule has 0 saturated carbocycles. The fourth-order valence-electron chi connectivity index (χ4n) is 2.31. The van der Waals surface area contributed by atoms with Crippen LogP contribution < -0.4 is 5.32 Å². The zero-order chi connectivity index (χ0) is 19.0. The molecule has 26 heavy (non-hydrogen) atoms. The van der Waals surface area contributed by atoms with Gasteiger partial charge in [0.25, 0.3) is 0 Å². The van der Waals surface area contributed by atoms with E-state index in [1.54, 1.807) is 18.7 Å². The molecule has 0 fully saturated rings. The third kappa shape index (κ3) is 6.46. The number of carbonyl (C=O) groups is 1. The Balaban J connectivity index is 1.74. The van der Waals surface area contributed by atoms with E-state index in [-0.39, 0.29) is 16.6 Å². The summed E-state index contributed by atoms with van der Waals surface area (Å²) in [6.07, 6.45) is 0.794. The molecule has 1 atom stereocenters. The van der Waals surface area contributed by atoms with Crippen molar-refractivity contribution in [3.63, 3.8) is 0 Å². The second kappa shape index (κ2) is 9.73. The minimum absolute atomic E-state index is 0.0258. The fraction of sp³-hybridized carbons (Fsp3) is 0.316. The van der Waals surface area contributed by atoms with Crippen LogP contribution in [0.5, 0.6) is 0 Å². The molecule has 140 valence electrons. The molecular formula is C19H22FNO3S2. The van der Waals surface area contributed by atoms with Crippen molar-refractivity contribution in [2.75, 3.05) is 18.1 Å². The van der Waals surface area contributed by atoms with Crippen molar-refractivity contribution in [2.24, 2.45) is 5.92 Å². The van der Waals surface area contributed by atoms with Crippen LogP contribution >= 0.6 is 11.8 Å². The lowest BCUT2D eigenvalue weighted by Crippen LogP contribution is -2.33. The van der Waals surface area contributed by atoms with Crippen LogP contribution in [0, 0.1) is 11.7 Å². The van der Waals surface area contributed by atoms with Gasteiger partial charge in [0.2, 0.25) is 5.91 Å². The highest BCUT2D eigenvalue weighted by Gasteiger charge is 2.23. The first-order valence-corrected chi connectivity index (χ1v) is 11.0. The number of amides is 1. The predicted molar refractivity (Wildman–Crippen MR) is 102 cm³/mol. The lowest BCUT2D eigenvalue weighted by atomic mass is 10.2. The summed E-state index contributed by atoms with van der Waals surface area (Å²) in [5.41, 5.74) is 0. The Labute approximate surface area is 158 Å². The number of halogens is 1. The van der Waals surface area contributed by atoms with Gasteiger partial charge in [-0.3, -0.25) is 4.79 Å². The van der Waals surface area contributed by atoms with Crippen molar-refractivity contribution >= 4 is 27.5 Å². The van der Waals surface area contributed by atoms with Crippen molar-refractivity contribution < 1.29 is 17.6 Å². The van der Waals surface area contributed by atoms with Crippen molar-refractivity contribution in [3.05, 3.63) is 60.4 Å². The molecule has 0 aliphatic heterocycles. The Bertz CT molecular complexity index is 808. The summed E-state index contributed by atoms with van der Waals surface area (Å²) in [6.45, 7) is 2.08. The highest BCUT2D eigenvalue weighted by molar-refractivity contribution is 7.99. The second-order valence-corrected chi connectivity index (χ2v) is 9.15. The Hall–Kier alpha value is -1.86.